The predicted octanol–water partition coefficient (Wildman–Crippen LogP) is 1.58. The standard InChI is InChI=1S/C12H16N4/c1-8-5-9(2)7-10(6-8)11(16-13)12-14-3-4-15-12/h3-7,11,16H,13H2,1-2H3,(H,14,15). The summed E-state index contributed by atoms with van der Waals surface area (Å²) in [7, 11) is 0. The lowest BCUT2D eigenvalue weighted by atomic mass is 10.0. The fraction of sp³-hybridized carbons (Fsp3) is 0.250. The van der Waals surface area contributed by atoms with E-state index in [4.69, 9.17) is 5.84 Å². The van der Waals surface area contributed by atoms with Crippen LogP contribution in [0.15, 0.2) is 30.6 Å². The molecule has 1 aromatic carbocycles. The van der Waals surface area contributed by atoms with Crippen LogP contribution >= 0.6 is 0 Å². The molecule has 2 aromatic rings. The van der Waals surface area contributed by atoms with Gasteiger partial charge in [-0.2, -0.15) is 0 Å². The van der Waals surface area contributed by atoms with Crippen molar-refractivity contribution in [3.63, 3.8) is 0 Å². The minimum absolute atomic E-state index is 0.0893. The number of hydrogen-bond acceptors (Lipinski definition) is 3. The number of nitrogens with zero attached hydrogens (tertiary/aromatic N) is 1. The molecule has 4 heteroatoms. The summed E-state index contributed by atoms with van der Waals surface area (Å²) in [5.41, 5.74) is 6.35. The molecule has 0 bridgehead atoms. The molecule has 4 N–H and O–H groups in total. The molecular weight excluding hydrogens is 200 g/mol. The number of nitrogens with one attached hydrogen (secondary N) is 2. The van der Waals surface area contributed by atoms with Crippen LogP contribution in [0.5, 0.6) is 0 Å². The molecule has 0 radical (unpaired) electrons. The van der Waals surface area contributed by atoms with E-state index in [1.165, 1.54) is 11.1 Å². The second-order valence-corrected chi connectivity index (χ2v) is 4.00. The number of benzene rings is 1. The number of nitrogens with two attached hydrogens (primary N) is 1. The average molecular weight is 216 g/mol. The number of aromatic amines is 1. The van der Waals surface area contributed by atoms with Crippen molar-refractivity contribution in [3.05, 3.63) is 53.1 Å². The van der Waals surface area contributed by atoms with E-state index in [0.717, 1.165) is 11.4 Å². The highest BCUT2D eigenvalue weighted by Gasteiger charge is 2.14. The van der Waals surface area contributed by atoms with Crippen LogP contribution in [0.3, 0.4) is 0 Å². The fourth-order valence-electron chi connectivity index (χ4n) is 1.94. The molecule has 1 aromatic heterocycles. The van der Waals surface area contributed by atoms with Gasteiger partial charge in [-0.15, -0.1) is 0 Å². The molecule has 1 unspecified atom stereocenters. The van der Waals surface area contributed by atoms with Crippen molar-refractivity contribution in [2.75, 3.05) is 0 Å². The molecule has 4 nitrogen and oxygen atoms in total. The highest BCUT2D eigenvalue weighted by atomic mass is 15.2. The van der Waals surface area contributed by atoms with Crippen molar-refractivity contribution in [2.24, 2.45) is 5.84 Å². The van der Waals surface area contributed by atoms with E-state index in [1.54, 1.807) is 12.4 Å². The zero-order valence-corrected chi connectivity index (χ0v) is 9.49. The van der Waals surface area contributed by atoms with Crippen molar-refractivity contribution >= 4 is 0 Å². The molecule has 0 saturated heterocycles. The highest BCUT2D eigenvalue weighted by molar-refractivity contribution is 5.33. The van der Waals surface area contributed by atoms with E-state index in [9.17, 15) is 0 Å². The average Bonchev–Trinajstić information content (AvgIpc) is 2.70. The lowest BCUT2D eigenvalue weighted by Gasteiger charge is -2.15. The van der Waals surface area contributed by atoms with Gasteiger partial charge in [0.15, 0.2) is 0 Å². The third kappa shape index (κ3) is 2.13. The van der Waals surface area contributed by atoms with E-state index in [1.807, 2.05) is 0 Å². The molecule has 84 valence electrons. The van der Waals surface area contributed by atoms with Gasteiger partial charge in [0.05, 0.1) is 0 Å². The number of H-pyrrole nitrogens is 1. The summed E-state index contributed by atoms with van der Waals surface area (Å²) in [6, 6.07) is 6.27. The second-order valence-electron chi connectivity index (χ2n) is 4.00. The summed E-state index contributed by atoms with van der Waals surface area (Å²) in [5, 5.41) is 0. The van der Waals surface area contributed by atoms with Gasteiger partial charge in [-0.1, -0.05) is 29.3 Å². The van der Waals surface area contributed by atoms with Gasteiger partial charge in [0.2, 0.25) is 0 Å². The maximum absolute atomic E-state index is 5.59. The van der Waals surface area contributed by atoms with Crippen LogP contribution in [0.1, 0.15) is 28.6 Å². The topological polar surface area (TPSA) is 66.7 Å². The summed E-state index contributed by atoms with van der Waals surface area (Å²) < 4.78 is 0. The number of aryl methyl sites for hydroxylation is 2. The van der Waals surface area contributed by atoms with Crippen molar-refractivity contribution in [1.82, 2.24) is 15.4 Å². The third-order valence-corrected chi connectivity index (χ3v) is 2.54. The Morgan fingerprint density at radius 2 is 1.94 bits per heavy atom. The maximum Gasteiger partial charge on any atom is 0.129 e. The second kappa shape index (κ2) is 4.47. The third-order valence-electron chi connectivity index (χ3n) is 2.54. The molecule has 0 aliphatic carbocycles. The summed E-state index contributed by atoms with van der Waals surface area (Å²) >= 11 is 0. The van der Waals surface area contributed by atoms with Crippen molar-refractivity contribution in [3.8, 4) is 0 Å². The van der Waals surface area contributed by atoms with Crippen LogP contribution in [0, 0.1) is 13.8 Å². The predicted molar refractivity (Wildman–Crippen MR) is 63.7 cm³/mol. The van der Waals surface area contributed by atoms with Crippen molar-refractivity contribution in [1.29, 1.82) is 0 Å². The van der Waals surface area contributed by atoms with E-state index in [-0.39, 0.29) is 6.04 Å². The highest BCUT2D eigenvalue weighted by Crippen LogP contribution is 2.20. The molecule has 16 heavy (non-hydrogen) atoms. The van der Waals surface area contributed by atoms with Gasteiger partial charge in [-0.05, 0) is 19.4 Å². The van der Waals surface area contributed by atoms with E-state index in [2.05, 4.69) is 47.4 Å². The lowest BCUT2D eigenvalue weighted by Crippen LogP contribution is -2.29. The lowest BCUT2D eigenvalue weighted by molar-refractivity contribution is 0.607. The van der Waals surface area contributed by atoms with E-state index in [0.29, 0.717) is 0 Å². The first-order valence-electron chi connectivity index (χ1n) is 5.24. The Bertz CT molecular complexity index is 442. The van der Waals surface area contributed by atoms with Gasteiger partial charge in [-0.3, -0.25) is 5.84 Å². The summed E-state index contributed by atoms with van der Waals surface area (Å²) in [6.45, 7) is 4.15. The van der Waals surface area contributed by atoms with Gasteiger partial charge in [-0.25, -0.2) is 10.4 Å². The summed E-state index contributed by atoms with van der Waals surface area (Å²) in [6.07, 6.45) is 3.52. The van der Waals surface area contributed by atoms with Crippen molar-refractivity contribution < 1.29 is 0 Å². The smallest absolute Gasteiger partial charge is 0.129 e. The number of aromatic nitrogens is 2. The van der Waals surface area contributed by atoms with Gasteiger partial charge < -0.3 is 4.98 Å². The van der Waals surface area contributed by atoms with Gasteiger partial charge in [0.25, 0.3) is 0 Å². The zero-order valence-electron chi connectivity index (χ0n) is 9.49. The normalized spacial score (nSPS) is 12.7. The molecule has 0 spiro atoms. The molecule has 2 rings (SSSR count). The maximum atomic E-state index is 5.59. The van der Waals surface area contributed by atoms with Crippen LogP contribution in [0.25, 0.3) is 0 Å². The Labute approximate surface area is 94.9 Å². The summed E-state index contributed by atoms with van der Waals surface area (Å²) in [4.78, 5) is 7.30. The Morgan fingerprint density at radius 3 is 2.44 bits per heavy atom. The minimum atomic E-state index is -0.0893. The Balaban J connectivity index is 2.41. The first kappa shape index (κ1) is 10.9. The number of rotatable bonds is 3. The van der Waals surface area contributed by atoms with Crippen LogP contribution in [0.4, 0.5) is 0 Å². The van der Waals surface area contributed by atoms with Gasteiger partial charge in [0, 0.05) is 12.4 Å². The van der Waals surface area contributed by atoms with E-state index >= 15 is 0 Å². The molecule has 0 amide bonds. The van der Waals surface area contributed by atoms with Gasteiger partial charge in [0.1, 0.15) is 11.9 Å². The molecule has 0 fully saturated rings. The number of hydrogen-bond donors (Lipinski definition) is 3. The van der Waals surface area contributed by atoms with Crippen LogP contribution in [0.2, 0.25) is 0 Å². The molecule has 0 aliphatic heterocycles. The zero-order chi connectivity index (χ0) is 11.5. The summed E-state index contributed by atoms with van der Waals surface area (Å²) in [5.74, 6) is 6.41. The number of hydrazine groups is 1. The quantitative estimate of drug-likeness (QED) is 0.539. The molecule has 0 saturated carbocycles. The Morgan fingerprint density at radius 1 is 1.25 bits per heavy atom. The number of imidazole rings is 1. The molecule has 1 heterocycles. The van der Waals surface area contributed by atoms with Crippen LogP contribution < -0.4 is 11.3 Å². The molecular formula is C12H16N4. The SMILES string of the molecule is Cc1cc(C)cc(C(NN)c2ncc[nH]2)c1. The Kier molecular flexibility index (Phi) is 3.03. The first-order chi connectivity index (χ1) is 7.70. The monoisotopic (exact) mass is 216 g/mol. The van der Waals surface area contributed by atoms with Gasteiger partial charge >= 0.3 is 0 Å². The molecule has 1 atom stereocenters. The van der Waals surface area contributed by atoms with Crippen LogP contribution in [-0.4, -0.2) is 9.97 Å². The van der Waals surface area contributed by atoms with Crippen molar-refractivity contribution in [2.45, 2.75) is 19.9 Å². The molecule has 0 aliphatic rings. The van der Waals surface area contributed by atoms with E-state index < -0.39 is 0 Å². The largest absolute Gasteiger partial charge is 0.347 e. The Hall–Kier alpha value is -1.65. The van der Waals surface area contributed by atoms with Crippen LogP contribution in [-0.2, 0) is 0 Å². The fourth-order valence-corrected chi connectivity index (χ4v) is 1.94. The minimum Gasteiger partial charge on any atom is -0.347 e. The first-order valence-corrected chi connectivity index (χ1v) is 5.24.